The van der Waals surface area contributed by atoms with Crippen LogP contribution in [0.15, 0.2) is 5.29 Å². The van der Waals surface area contributed by atoms with Gasteiger partial charge in [0.15, 0.2) is 0 Å². The molecule has 0 aromatic heterocycles. The zero-order chi connectivity index (χ0) is 10.4. The number of nitroso groups, excluding NO2 is 1. The van der Waals surface area contributed by atoms with Crippen molar-refractivity contribution in [2.24, 2.45) is 5.29 Å². The minimum Gasteiger partial charge on any atom is -0.481 e. The number of piperidine rings is 1. The fourth-order valence-electron chi connectivity index (χ4n) is 1.88. The topological polar surface area (TPSA) is 70.0 Å². The van der Waals surface area contributed by atoms with Crippen molar-refractivity contribution in [3.8, 4) is 0 Å². The molecule has 0 aliphatic carbocycles. The zero-order valence-corrected chi connectivity index (χ0v) is 8.19. The zero-order valence-electron chi connectivity index (χ0n) is 8.19. The first-order valence-electron chi connectivity index (χ1n) is 5.05. The molecule has 1 aliphatic heterocycles. The van der Waals surface area contributed by atoms with E-state index in [2.05, 4.69) is 5.29 Å². The Morgan fingerprint density at radius 1 is 1.50 bits per heavy atom. The van der Waals surface area contributed by atoms with Gasteiger partial charge in [-0.3, -0.25) is 9.80 Å². The van der Waals surface area contributed by atoms with Crippen molar-refractivity contribution in [3.63, 3.8) is 0 Å². The summed E-state index contributed by atoms with van der Waals surface area (Å²) in [5.41, 5.74) is 0. The Morgan fingerprint density at radius 3 is 2.93 bits per heavy atom. The number of nitrogens with zero attached hydrogens (tertiary/aromatic N) is 2. The number of hydrogen-bond donors (Lipinski definition) is 1. The first-order valence-corrected chi connectivity index (χ1v) is 5.05. The van der Waals surface area contributed by atoms with Crippen molar-refractivity contribution in [1.29, 1.82) is 0 Å². The number of rotatable bonds is 5. The van der Waals surface area contributed by atoms with Gasteiger partial charge >= 0.3 is 5.97 Å². The normalized spacial score (nSPS) is 22.0. The van der Waals surface area contributed by atoms with Gasteiger partial charge in [-0.25, -0.2) is 0 Å². The van der Waals surface area contributed by atoms with Gasteiger partial charge in [-0.15, -0.1) is 4.91 Å². The van der Waals surface area contributed by atoms with Crippen molar-refractivity contribution in [3.05, 3.63) is 4.91 Å². The number of aliphatic carboxylic acids is 1. The highest BCUT2D eigenvalue weighted by Gasteiger charge is 2.21. The fourth-order valence-corrected chi connectivity index (χ4v) is 1.88. The third-order valence-electron chi connectivity index (χ3n) is 2.63. The van der Waals surface area contributed by atoms with Crippen LogP contribution in [-0.4, -0.2) is 28.7 Å². The minimum absolute atomic E-state index is 0.167. The first kappa shape index (κ1) is 10.9. The molecule has 0 aromatic carbocycles. The van der Waals surface area contributed by atoms with Crippen molar-refractivity contribution < 1.29 is 9.90 Å². The summed E-state index contributed by atoms with van der Waals surface area (Å²) in [6.07, 6.45) is 4.67. The second-order valence-electron chi connectivity index (χ2n) is 3.68. The maximum absolute atomic E-state index is 10.4. The summed E-state index contributed by atoms with van der Waals surface area (Å²) in [5, 5.41) is 13.0. The largest absolute Gasteiger partial charge is 0.481 e. The van der Waals surface area contributed by atoms with E-state index >= 15 is 0 Å². The van der Waals surface area contributed by atoms with E-state index in [0.29, 0.717) is 6.42 Å². The van der Waals surface area contributed by atoms with E-state index in [1.54, 1.807) is 5.01 Å². The van der Waals surface area contributed by atoms with Crippen LogP contribution in [0.2, 0.25) is 0 Å². The van der Waals surface area contributed by atoms with Gasteiger partial charge in [-0.1, -0.05) is 0 Å². The van der Waals surface area contributed by atoms with Crippen LogP contribution in [0.4, 0.5) is 0 Å². The molecule has 5 nitrogen and oxygen atoms in total. The lowest BCUT2D eigenvalue weighted by Gasteiger charge is -2.30. The standard InChI is InChI=1S/C9H16N2O3/c12-9(13)6-3-5-8-4-1-2-7-11(8)10-14/h8H,1-7H2,(H,12,13). The van der Waals surface area contributed by atoms with Crippen LogP contribution in [0.3, 0.4) is 0 Å². The lowest BCUT2D eigenvalue weighted by molar-refractivity contribution is -0.137. The molecule has 1 N–H and O–H groups in total. The van der Waals surface area contributed by atoms with Crippen molar-refractivity contribution in [1.82, 2.24) is 5.01 Å². The van der Waals surface area contributed by atoms with Crippen molar-refractivity contribution >= 4 is 5.97 Å². The molecule has 1 fully saturated rings. The molecular weight excluding hydrogens is 184 g/mol. The average Bonchev–Trinajstić information content (AvgIpc) is 2.18. The molecule has 0 amide bonds. The highest BCUT2D eigenvalue weighted by molar-refractivity contribution is 5.66. The van der Waals surface area contributed by atoms with E-state index < -0.39 is 5.97 Å². The summed E-state index contributed by atoms with van der Waals surface area (Å²) in [4.78, 5) is 20.7. The summed E-state index contributed by atoms with van der Waals surface area (Å²) >= 11 is 0. The molecule has 14 heavy (non-hydrogen) atoms. The van der Waals surface area contributed by atoms with E-state index in [1.807, 2.05) is 0 Å². The summed E-state index contributed by atoms with van der Waals surface area (Å²) in [6, 6.07) is 0.167. The smallest absolute Gasteiger partial charge is 0.303 e. The highest BCUT2D eigenvalue weighted by atomic mass is 16.4. The Labute approximate surface area is 83.0 Å². The van der Waals surface area contributed by atoms with Crippen LogP contribution in [0.1, 0.15) is 38.5 Å². The lowest BCUT2D eigenvalue weighted by Crippen LogP contribution is -2.35. The molecule has 80 valence electrons. The van der Waals surface area contributed by atoms with E-state index in [-0.39, 0.29) is 12.5 Å². The van der Waals surface area contributed by atoms with Gasteiger partial charge in [0, 0.05) is 13.0 Å². The van der Waals surface area contributed by atoms with Crippen LogP contribution < -0.4 is 0 Å². The highest BCUT2D eigenvalue weighted by Crippen LogP contribution is 2.21. The van der Waals surface area contributed by atoms with Gasteiger partial charge in [-0.2, -0.15) is 0 Å². The molecule has 0 spiro atoms. The molecular formula is C9H16N2O3. The molecule has 0 radical (unpaired) electrons. The van der Waals surface area contributed by atoms with Gasteiger partial charge < -0.3 is 5.11 Å². The third kappa shape index (κ3) is 3.32. The molecule has 0 aromatic rings. The van der Waals surface area contributed by atoms with Crippen molar-refractivity contribution in [2.45, 2.75) is 44.6 Å². The number of carbonyl (C=O) groups is 1. The Kier molecular flexibility index (Phi) is 4.35. The Morgan fingerprint density at radius 2 is 2.29 bits per heavy atom. The second kappa shape index (κ2) is 5.57. The Balaban J connectivity index is 2.26. The molecule has 5 heteroatoms. The maximum atomic E-state index is 10.4. The van der Waals surface area contributed by atoms with E-state index in [1.165, 1.54) is 0 Å². The number of carboxylic acids is 1. The molecule has 1 unspecified atom stereocenters. The van der Waals surface area contributed by atoms with Crippen LogP contribution in [0.5, 0.6) is 0 Å². The molecule has 1 saturated heterocycles. The van der Waals surface area contributed by atoms with Crippen LogP contribution in [0, 0.1) is 4.91 Å². The molecule has 0 saturated carbocycles. The lowest BCUT2D eigenvalue weighted by atomic mass is 9.99. The molecule has 0 bridgehead atoms. The van der Waals surface area contributed by atoms with Gasteiger partial charge in [0.2, 0.25) is 0 Å². The summed E-state index contributed by atoms with van der Waals surface area (Å²) in [5.74, 6) is -0.772. The van der Waals surface area contributed by atoms with E-state index in [0.717, 1.165) is 32.2 Å². The SMILES string of the molecule is O=NN1CCCCC1CCCC(=O)O. The van der Waals surface area contributed by atoms with Gasteiger partial charge in [0.05, 0.1) is 11.3 Å². The Bertz CT molecular complexity index is 208. The summed E-state index contributed by atoms with van der Waals surface area (Å²) in [6.45, 7) is 0.723. The van der Waals surface area contributed by atoms with Gasteiger partial charge in [-0.05, 0) is 32.1 Å². The van der Waals surface area contributed by atoms with Crippen LogP contribution in [-0.2, 0) is 4.79 Å². The summed E-state index contributed by atoms with van der Waals surface area (Å²) < 4.78 is 0. The molecule has 1 heterocycles. The Hall–Kier alpha value is -1.13. The second-order valence-corrected chi connectivity index (χ2v) is 3.68. The monoisotopic (exact) mass is 200 g/mol. The average molecular weight is 200 g/mol. The van der Waals surface area contributed by atoms with Gasteiger partial charge in [0.1, 0.15) is 0 Å². The third-order valence-corrected chi connectivity index (χ3v) is 2.63. The molecule has 1 aliphatic rings. The van der Waals surface area contributed by atoms with Gasteiger partial charge in [0.25, 0.3) is 0 Å². The van der Waals surface area contributed by atoms with Crippen LogP contribution >= 0.6 is 0 Å². The number of carboxylic acid groups (broad SMARTS) is 1. The van der Waals surface area contributed by atoms with Crippen molar-refractivity contribution in [2.75, 3.05) is 6.54 Å². The quantitative estimate of drug-likeness (QED) is 0.687. The van der Waals surface area contributed by atoms with Crippen LogP contribution in [0.25, 0.3) is 0 Å². The fraction of sp³-hybridized carbons (Fsp3) is 0.889. The summed E-state index contributed by atoms with van der Waals surface area (Å²) in [7, 11) is 0. The predicted octanol–water partition coefficient (Wildman–Crippen LogP) is 1.78. The maximum Gasteiger partial charge on any atom is 0.303 e. The molecule has 1 atom stereocenters. The number of hydrogen-bond acceptors (Lipinski definition) is 3. The molecule has 1 rings (SSSR count). The van der Waals surface area contributed by atoms with E-state index in [9.17, 15) is 9.70 Å². The van der Waals surface area contributed by atoms with E-state index in [4.69, 9.17) is 5.11 Å². The minimum atomic E-state index is -0.772. The first-order chi connectivity index (χ1) is 6.74. The predicted molar refractivity (Wildman–Crippen MR) is 51.6 cm³/mol.